The molecule has 24 heavy (non-hydrogen) atoms. The fourth-order valence-corrected chi connectivity index (χ4v) is 2.50. The number of ether oxygens (including phenoxy) is 2. The van der Waals surface area contributed by atoms with E-state index in [1.807, 2.05) is 13.0 Å². The molecule has 4 nitrogen and oxygen atoms in total. The van der Waals surface area contributed by atoms with Gasteiger partial charge in [0.25, 0.3) is 12.0 Å². The van der Waals surface area contributed by atoms with Crippen LogP contribution >= 0.6 is 0 Å². The lowest BCUT2D eigenvalue weighted by atomic mass is 10.0. The minimum atomic E-state index is -2.60. The molecule has 6 heteroatoms. The third-order valence-electron chi connectivity index (χ3n) is 3.72. The molecule has 0 radical (unpaired) electrons. The van der Waals surface area contributed by atoms with Crippen LogP contribution in [0.2, 0.25) is 0 Å². The predicted octanol–water partition coefficient (Wildman–Crippen LogP) is 3.42. The summed E-state index contributed by atoms with van der Waals surface area (Å²) in [6.45, 7) is 3.76. The minimum Gasteiger partial charge on any atom is -0.491 e. The summed E-state index contributed by atoms with van der Waals surface area (Å²) >= 11 is 0. The molecule has 1 aromatic carbocycles. The Hall–Kier alpha value is -2.21. The minimum absolute atomic E-state index is 0.396. The summed E-state index contributed by atoms with van der Waals surface area (Å²) in [5, 5.41) is 0. The average Bonchev–Trinajstić information content (AvgIpc) is 2.53. The second kappa shape index (κ2) is 8.06. The van der Waals surface area contributed by atoms with Gasteiger partial charge in [-0.2, -0.15) is 0 Å². The van der Waals surface area contributed by atoms with Crippen LogP contribution in [0.15, 0.2) is 35.1 Å². The largest absolute Gasteiger partial charge is 0.491 e. The molecule has 0 saturated heterocycles. The molecule has 1 aromatic heterocycles. The third kappa shape index (κ3) is 4.20. The van der Waals surface area contributed by atoms with Crippen LogP contribution in [0.5, 0.6) is 5.75 Å². The number of nitrogens with zero attached hydrogens (tertiary/aromatic N) is 1. The Labute approximate surface area is 139 Å². The van der Waals surface area contributed by atoms with E-state index in [9.17, 15) is 13.6 Å². The van der Waals surface area contributed by atoms with Crippen molar-refractivity contribution in [2.75, 3.05) is 20.3 Å². The molecule has 0 fully saturated rings. The molecule has 0 saturated carbocycles. The summed E-state index contributed by atoms with van der Waals surface area (Å²) in [5.74, 6) is 0.670. The smallest absolute Gasteiger partial charge is 0.256 e. The molecule has 2 aromatic rings. The molecule has 2 rings (SSSR count). The molecule has 0 aliphatic heterocycles. The van der Waals surface area contributed by atoms with Gasteiger partial charge in [0.05, 0.1) is 18.8 Å². The van der Waals surface area contributed by atoms with E-state index >= 15 is 0 Å². The van der Waals surface area contributed by atoms with Gasteiger partial charge >= 0.3 is 0 Å². The molecule has 0 N–H and O–H groups in total. The van der Waals surface area contributed by atoms with Crippen LogP contribution in [0.3, 0.4) is 0 Å². The molecule has 0 aliphatic carbocycles. The number of aryl methyl sites for hydroxylation is 2. The van der Waals surface area contributed by atoms with Gasteiger partial charge in [-0.25, -0.2) is 8.78 Å². The van der Waals surface area contributed by atoms with Crippen molar-refractivity contribution in [2.45, 2.75) is 26.8 Å². The number of aromatic nitrogens is 1. The third-order valence-corrected chi connectivity index (χ3v) is 3.72. The van der Waals surface area contributed by atoms with Gasteiger partial charge in [-0.15, -0.1) is 0 Å². The van der Waals surface area contributed by atoms with E-state index in [-0.39, 0.29) is 0 Å². The van der Waals surface area contributed by atoms with Crippen LogP contribution < -0.4 is 10.3 Å². The zero-order chi connectivity index (χ0) is 17.7. The van der Waals surface area contributed by atoms with E-state index in [0.29, 0.717) is 30.2 Å². The van der Waals surface area contributed by atoms with Crippen molar-refractivity contribution >= 4 is 0 Å². The van der Waals surface area contributed by atoms with E-state index in [0.717, 1.165) is 15.7 Å². The van der Waals surface area contributed by atoms with Crippen molar-refractivity contribution in [2.24, 2.45) is 0 Å². The number of benzene rings is 1. The number of hydrogen-bond donors (Lipinski definition) is 0. The summed E-state index contributed by atoms with van der Waals surface area (Å²) in [6.07, 6.45) is -2.60. The standard InChI is InChI=1S/C18H21F2NO3/c1-12-4-7-16(21(18(12)22)11-17(19)20)15-6-5-14(10-13(15)2)24-9-8-23-3/h4-7,10,17H,8-9,11H2,1-3H3. The SMILES string of the molecule is COCCOc1ccc(-c2ccc(C)c(=O)n2CC(F)F)c(C)c1. The molecule has 0 aliphatic rings. The number of halogens is 2. The van der Waals surface area contributed by atoms with Crippen molar-refractivity contribution < 1.29 is 18.3 Å². The lowest BCUT2D eigenvalue weighted by Crippen LogP contribution is -2.26. The summed E-state index contributed by atoms with van der Waals surface area (Å²) in [6, 6.07) is 8.72. The summed E-state index contributed by atoms with van der Waals surface area (Å²) < 4.78 is 37.4. The second-order valence-electron chi connectivity index (χ2n) is 5.53. The van der Waals surface area contributed by atoms with Crippen LogP contribution in [-0.2, 0) is 11.3 Å². The number of rotatable bonds is 7. The summed E-state index contributed by atoms with van der Waals surface area (Å²) in [5.41, 5.74) is 2.10. The Kier molecular flexibility index (Phi) is 6.09. The fourth-order valence-electron chi connectivity index (χ4n) is 2.50. The highest BCUT2D eigenvalue weighted by Crippen LogP contribution is 2.27. The fraction of sp³-hybridized carbons (Fsp3) is 0.389. The molecule has 0 bridgehead atoms. The van der Waals surface area contributed by atoms with Crippen molar-refractivity contribution in [3.05, 3.63) is 51.8 Å². The Balaban J connectivity index is 2.41. The van der Waals surface area contributed by atoms with Crippen LogP contribution in [-0.4, -0.2) is 31.3 Å². The highest BCUT2D eigenvalue weighted by Gasteiger charge is 2.14. The lowest BCUT2D eigenvalue weighted by Gasteiger charge is -2.16. The van der Waals surface area contributed by atoms with Crippen LogP contribution in [0.1, 0.15) is 11.1 Å². The molecule has 0 unspecified atom stereocenters. The molecule has 130 valence electrons. The van der Waals surface area contributed by atoms with Crippen molar-refractivity contribution in [1.29, 1.82) is 0 Å². The molecular weight excluding hydrogens is 316 g/mol. The number of hydrogen-bond acceptors (Lipinski definition) is 3. The van der Waals surface area contributed by atoms with E-state index in [1.165, 1.54) is 0 Å². The van der Waals surface area contributed by atoms with Gasteiger partial charge in [0.15, 0.2) is 0 Å². The summed E-state index contributed by atoms with van der Waals surface area (Å²) in [7, 11) is 1.59. The first-order valence-electron chi connectivity index (χ1n) is 7.65. The monoisotopic (exact) mass is 337 g/mol. The Morgan fingerprint density at radius 2 is 1.83 bits per heavy atom. The normalized spacial score (nSPS) is 11.1. The quantitative estimate of drug-likeness (QED) is 0.727. The number of alkyl halides is 2. The number of pyridine rings is 1. The maximum absolute atomic E-state index is 12.9. The van der Waals surface area contributed by atoms with Crippen LogP contribution in [0.4, 0.5) is 8.78 Å². The van der Waals surface area contributed by atoms with Gasteiger partial charge in [-0.3, -0.25) is 4.79 Å². The van der Waals surface area contributed by atoms with Gasteiger partial charge in [0, 0.05) is 18.2 Å². The topological polar surface area (TPSA) is 40.5 Å². The van der Waals surface area contributed by atoms with Gasteiger partial charge in [-0.05, 0) is 43.7 Å². The van der Waals surface area contributed by atoms with E-state index in [2.05, 4.69) is 0 Å². The molecule has 0 amide bonds. The molecule has 0 atom stereocenters. The van der Waals surface area contributed by atoms with Crippen LogP contribution in [0.25, 0.3) is 11.3 Å². The predicted molar refractivity (Wildman–Crippen MR) is 89.0 cm³/mol. The highest BCUT2D eigenvalue weighted by atomic mass is 19.3. The molecule has 1 heterocycles. The van der Waals surface area contributed by atoms with Crippen LogP contribution in [0, 0.1) is 13.8 Å². The first-order valence-corrected chi connectivity index (χ1v) is 7.65. The Bertz CT molecular complexity index is 756. The second-order valence-corrected chi connectivity index (χ2v) is 5.53. The van der Waals surface area contributed by atoms with E-state index in [1.54, 1.807) is 38.3 Å². The van der Waals surface area contributed by atoms with Gasteiger partial charge in [-0.1, -0.05) is 6.07 Å². The highest BCUT2D eigenvalue weighted by molar-refractivity contribution is 5.65. The van der Waals surface area contributed by atoms with Crippen molar-refractivity contribution in [1.82, 2.24) is 4.57 Å². The maximum Gasteiger partial charge on any atom is 0.256 e. The first-order chi connectivity index (χ1) is 11.4. The van der Waals surface area contributed by atoms with Gasteiger partial charge < -0.3 is 14.0 Å². The first kappa shape index (κ1) is 18.1. The number of methoxy groups -OCH3 is 1. The zero-order valence-electron chi connectivity index (χ0n) is 14.0. The van der Waals surface area contributed by atoms with Gasteiger partial charge in [0.2, 0.25) is 0 Å². The van der Waals surface area contributed by atoms with E-state index in [4.69, 9.17) is 9.47 Å². The van der Waals surface area contributed by atoms with Crippen molar-refractivity contribution in [3.63, 3.8) is 0 Å². The zero-order valence-corrected chi connectivity index (χ0v) is 14.0. The lowest BCUT2D eigenvalue weighted by molar-refractivity contribution is 0.126. The summed E-state index contributed by atoms with van der Waals surface area (Å²) in [4.78, 5) is 12.2. The maximum atomic E-state index is 12.9. The molecular formula is C18H21F2NO3. The van der Waals surface area contributed by atoms with E-state index < -0.39 is 18.5 Å². The van der Waals surface area contributed by atoms with Crippen molar-refractivity contribution in [3.8, 4) is 17.0 Å². The average molecular weight is 337 g/mol. The molecule has 0 spiro atoms. The Morgan fingerprint density at radius 3 is 2.46 bits per heavy atom. The van der Waals surface area contributed by atoms with Gasteiger partial charge in [0.1, 0.15) is 12.4 Å². The Morgan fingerprint density at radius 1 is 1.08 bits per heavy atom.